The van der Waals surface area contributed by atoms with Gasteiger partial charge in [0.15, 0.2) is 0 Å². The summed E-state index contributed by atoms with van der Waals surface area (Å²) in [5.74, 6) is -0.507. The van der Waals surface area contributed by atoms with Crippen molar-refractivity contribution in [2.75, 3.05) is 33.8 Å². The largest absolute Gasteiger partial charge is 0.469 e. The quantitative estimate of drug-likeness (QED) is 0.653. The molecule has 0 aromatic rings. The van der Waals surface area contributed by atoms with E-state index < -0.39 is 0 Å². The van der Waals surface area contributed by atoms with Gasteiger partial charge in [-0.2, -0.15) is 0 Å². The SMILES string of the molecule is COC(=O)C1CC(=O)N(CCN(C)C(C)C)C1. The van der Waals surface area contributed by atoms with Crippen molar-refractivity contribution in [3.8, 4) is 0 Å². The maximum absolute atomic E-state index is 11.7. The summed E-state index contributed by atoms with van der Waals surface area (Å²) in [7, 11) is 3.39. The highest BCUT2D eigenvalue weighted by molar-refractivity contribution is 5.86. The van der Waals surface area contributed by atoms with Crippen LogP contribution in [0, 0.1) is 5.92 Å². The fourth-order valence-electron chi connectivity index (χ4n) is 1.85. The van der Waals surface area contributed by atoms with Gasteiger partial charge in [-0.25, -0.2) is 0 Å². The predicted molar refractivity (Wildman–Crippen MR) is 64.5 cm³/mol. The fraction of sp³-hybridized carbons (Fsp3) is 0.833. The van der Waals surface area contributed by atoms with Crippen LogP contribution in [0.1, 0.15) is 20.3 Å². The first-order valence-electron chi connectivity index (χ1n) is 6.01. The lowest BCUT2D eigenvalue weighted by Crippen LogP contribution is -2.37. The highest BCUT2D eigenvalue weighted by atomic mass is 16.5. The van der Waals surface area contributed by atoms with E-state index in [0.717, 1.165) is 6.54 Å². The minimum absolute atomic E-state index is 0.0533. The number of likely N-dealkylation sites (N-methyl/N-ethyl adjacent to an activating group) is 1. The smallest absolute Gasteiger partial charge is 0.310 e. The van der Waals surface area contributed by atoms with Gasteiger partial charge in [-0.15, -0.1) is 0 Å². The van der Waals surface area contributed by atoms with E-state index in [-0.39, 0.29) is 24.2 Å². The van der Waals surface area contributed by atoms with E-state index in [1.165, 1.54) is 7.11 Å². The number of rotatable bonds is 5. The zero-order valence-corrected chi connectivity index (χ0v) is 11.1. The van der Waals surface area contributed by atoms with Crippen LogP contribution in [-0.4, -0.2) is 61.5 Å². The number of carbonyl (C=O) groups excluding carboxylic acids is 2. The van der Waals surface area contributed by atoms with E-state index in [1.807, 2.05) is 7.05 Å². The molecule has 17 heavy (non-hydrogen) atoms. The zero-order valence-electron chi connectivity index (χ0n) is 11.1. The summed E-state index contributed by atoms with van der Waals surface area (Å²) >= 11 is 0. The molecule has 1 rings (SSSR count). The molecule has 98 valence electrons. The molecule has 1 aliphatic heterocycles. The Labute approximate surface area is 103 Å². The van der Waals surface area contributed by atoms with Crippen LogP contribution in [0.4, 0.5) is 0 Å². The highest BCUT2D eigenvalue weighted by Gasteiger charge is 2.34. The number of likely N-dealkylation sites (tertiary alicyclic amines) is 1. The highest BCUT2D eigenvalue weighted by Crippen LogP contribution is 2.18. The molecule has 5 nitrogen and oxygen atoms in total. The molecule has 0 spiro atoms. The van der Waals surface area contributed by atoms with Crippen molar-refractivity contribution in [3.63, 3.8) is 0 Å². The van der Waals surface area contributed by atoms with Crippen molar-refractivity contribution in [1.29, 1.82) is 0 Å². The number of amides is 1. The molecular formula is C12H22N2O3. The molecule has 0 N–H and O–H groups in total. The summed E-state index contributed by atoms with van der Waals surface area (Å²) < 4.78 is 4.67. The van der Waals surface area contributed by atoms with Crippen LogP contribution >= 0.6 is 0 Å². The van der Waals surface area contributed by atoms with Gasteiger partial charge in [-0.3, -0.25) is 9.59 Å². The molecule has 1 saturated heterocycles. The van der Waals surface area contributed by atoms with Crippen molar-refractivity contribution >= 4 is 11.9 Å². The van der Waals surface area contributed by atoms with Crippen LogP contribution in [-0.2, 0) is 14.3 Å². The molecule has 0 aromatic heterocycles. The summed E-state index contributed by atoms with van der Waals surface area (Å²) in [6.07, 6.45) is 0.290. The van der Waals surface area contributed by atoms with Gasteiger partial charge in [0.2, 0.25) is 5.91 Å². The molecule has 1 atom stereocenters. The van der Waals surface area contributed by atoms with Crippen LogP contribution in [0.5, 0.6) is 0 Å². The van der Waals surface area contributed by atoms with Gasteiger partial charge in [0.1, 0.15) is 0 Å². The van der Waals surface area contributed by atoms with Crippen molar-refractivity contribution < 1.29 is 14.3 Å². The number of hydrogen-bond acceptors (Lipinski definition) is 4. The number of methoxy groups -OCH3 is 1. The fourth-order valence-corrected chi connectivity index (χ4v) is 1.85. The molecule has 1 heterocycles. The molecule has 0 radical (unpaired) electrons. The zero-order chi connectivity index (χ0) is 13.0. The Balaban J connectivity index is 2.41. The third kappa shape index (κ3) is 3.70. The van der Waals surface area contributed by atoms with Gasteiger partial charge in [-0.1, -0.05) is 0 Å². The Morgan fingerprint density at radius 2 is 2.24 bits per heavy atom. The molecule has 1 aliphatic rings. The molecule has 5 heteroatoms. The van der Waals surface area contributed by atoms with E-state index in [9.17, 15) is 9.59 Å². The van der Waals surface area contributed by atoms with Crippen LogP contribution in [0.15, 0.2) is 0 Å². The number of nitrogens with zero attached hydrogens (tertiary/aromatic N) is 2. The molecule has 1 fully saturated rings. The number of ether oxygens (including phenoxy) is 1. The molecule has 1 amide bonds. The normalized spacial score (nSPS) is 20.5. The van der Waals surface area contributed by atoms with Crippen molar-refractivity contribution in [2.24, 2.45) is 5.92 Å². The Morgan fingerprint density at radius 3 is 2.76 bits per heavy atom. The van der Waals surface area contributed by atoms with Gasteiger partial charge in [-0.05, 0) is 20.9 Å². The lowest BCUT2D eigenvalue weighted by Gasteiger charge is -2.24. The minimum atomic E-state index is -0.281. The second-order valence-corrected chi connectivity index (χ2v) is 4.84. The maximum atomic E-state index is 11.7. The standard InChI is InChI=1S/C12H22N2O3/c1-9(2)13(3)5-6-14-8-10(7-11(14)15)12(16)17-4/h9-10H,5-8H2,1-4H3. The van der Waals surface area contributed by atoms with Crippen molar-refractivity contribution in [2.45, 2.75) is 26.3 Å². The number of hydrogen-bond donors (Lipinski definition) is 0. The molecule has 0 bridgehead atoms. The van der Waals surface area contributed by atoms with E-state index in [0.29, 0.717) is 19.1 Å². The Hall–Kier alpha value is -1.10. The van der Waals surface area contributed by atoms with Gasteiger partial charge >= 0.3 is 5.97 Å². The monoisotopic (exact) mass is 242 g/mol. The third-order valence-corrected chi connectivity index (χ3v) is 3.35. The first-order valence-corrected chi connectivity index (χ1v) is 6.01. The van der Waals surface area contributed by atoms with Crippen LogP contribution in [0.2, 0.25) is 0 Å². The van der Waals surface area contributed by atoms with Crippen LogP contribution in [0.25, 0.3) is 0 Å². The van der Waals surface area contributed by atoms with Crippen LogP contribution in [0.3, 0.4) is 0 Å². The molecule has 1 unspecified atom stereocenters. The third-order valence-electron chi connectivity index (χ3n) is 3.35. The summed E-state index contributed by atoms with van der Waals surface area (Å²) in [6.45, 7) is 6.24. The topological polar surface area (TPSA) is 49.9 Å². The van der Waals surface area contributed by atoms with Crippen molar-refractivity contribution in [1.82, 2.24) is 9.80 Å². The Bertz CT molecular complexity index is 291. The number of carbonyl (C=O) groups is 2. The Morgan fingerprint density at radius 1 is 1.59 bits per heavy atom. The van der Waals surface area contributed by atoms with Gasteiger partial charge < -0.3 is 14.5 Å². The lowest BCUT2D eigenvalue weighted by molar-refractivity contribution is -0.145. The average Bonchev–Trinajstić information content (AvgIpc) is 2.66. The summed E-state index contributed by atoms with van der Waals surface area (Å²) in [5.41, 5.74) is 0. The van der Waals surface area contributed by atoms with Gasteiger partial charge in [0.05, 0.1) is 13.0 Å². The minimum Gasteiger partial charge on any atom is -0.469 e. The molecular weight excluding hydrogens is 220 g/mol. The van der Waals surface area contributed by atoms with Gasteiger partial charge in [0, 0.05) is 32.1 Å². The van der Waals surface area contributed by atoms with Gasteiger partial charge in [0.25, 0.3) is 0 Å². The second-order valence-electron chi connectivity index (χ2n) is 4.84. The first kappa shape index (κ1) is 14.0. The molecule has 0 aliphatic carbocycles. The van der Waals surface area contributed by atoms with E-state index in [2.05, 4.69) is 23.5 Å². The molecule has 0 saturated carbocycles. The second kappa shape index (κ2) is 6.00. The Kier molecular flexibility index (Phi) is 4.93. The number of esters is 1. The van der Waals surface area contributed by atoms with E-state index in [4.69, 9.17) is 0 Å². The predicted octanol–water partition coefficient (Wildman–Crippen LogP) is 0.348. The summed E-state index contributed by atoms with van der Waals surface area (Å²) in [6, 6.07) is 0.462. The summed E-state index contributed by atoms with van der Waals surface area (Å²) in [4.78, 5) is 27.0. The maximum Gasteiger partial charge on any atom is 0.310 e. The first-order chi connectivity index (χ1) is 7.95. The summed E-state index contributed by atoms with van der Waals surface area (Å²) in [5, 5.41) is 0. The lowest BCUT2D eigenvalue weighted by atomic mass is 10.1. The van der Waals surface area contributed by atoms with Crippen LogP contribution < -0.4 is 0 Å². The molecule has 0 aromatic carbocycles. The van der Waals surface area contributed by atoms with Crippen molar-refractivity contribution in [3.05, 3.63) is 0 Å². The average molecular weight is 242 g/mol. The van der Waals surface area contributed by atoms with E-state index >= 15 is 0 Å². The van der Waals surface area contributed by atoms with E-state index in [1.54, 1.807) is 4.90 Å².